The number of anilines is 2. The van der Waals surface area contributed by atoms with Crippen LogP contribution in [-0.4, -0.2) is 33.0 Å². The summed E-state index contributed by atoms with van der Waals surface area (Å²) < 4.78 is 27.8. The number of rotatable bonds is 9. The third-order valence-electron chi connectivity index (χ3n) is 4.72. The van der Waals surface area contributed by atoms with Crippen LogP contribution in [0.5, 0.6) is 0 Å². The van der Waals surface area contributed by atoms with Gasteiger partial charge in [-0.1, -0.05) is 32.0 Å². The maximum Gasteiger partial charge on any atom is 0.242 e. The van der Waals surface area contributed by atoms with E-state index in [1.807, 2.05) is 38.1 Å². The Kier molecular flexibility index (Phi) is 7.81. The Morgan fingerprint density at radius 1 is 0.966 bits per heavy atom. The molecule has 2 N–H and O–H groups in total. The maximum absolute atomic E-state index is 12.8. The Hall–Kier alpha value is -2.38. The average Bonchev–Trinajstić information content (AvgIpc) is 2.68. The zero-order valence-corrected chi connectivity index (χ0v) is 18.5. The highest BCUT2D eigenvalue weighted by atomic mass is 32.2. The van der Waals surface area contributed by atoms with Gasteiger partial charge in [0.2, 0.25) is 15.9 Å². The van der Waals surface area contributed by atoms with Gasteiger partial charge in [0, 0.05) is 24.0 Å². The van der Waals surface area contributed by atoms with E-state index in [1.165, 1.54) is 12.1 Å². The predicted molar refractivity (Wildman–Crippen MR) is 119 cm³/mol. The SMILES string of the molecule is CCN(c1ccc(NC(=O)[C@H](NS(=O)(=O)c2ccccc2)C(C)C)cc1)C(C)C. The van der Waals surface area contributed by atoms with E-state index in [1.54, 1.807) is 18.2 Å². The van der Waals surface area contributed by atoms with Gasteiger partial charge < -0.3 is 10.2 Å². The van der Waals surface area contributed by atoms with Gasteiger partial charge >= 0.3 is 0 Å². The van der Waals surface area contributed by atoms with Crippen molar-refractivity contribution in [1.29, 1.82) is 0 Å². The number of hydrogen-bond donors (Lipinski definition) is 2. The van der Waals surface area contributed by atoms with Crippen LogP contribution < -0.4 is 14.9 Å². The molecule has 2 rings (SSSR count). The lowest BCUT2D eigenvalue weighted by molar-refractivity contribution is -0.118. The highest BCUT2D eigenvalue weighted by Crippen LogP contribution is 2.20. The van der Waals surface area contributed by atoms with Crippen LogP contribution in [-0.2, 0) is 14.8 Å². The van der Waals surface area contributed by atoms with E-state index in [0.29, 0.717) is 11.7 Å². The molecule has 0 aliphatic rings. The van der Waals surface area contributed by atoms with E-state index in [4.69, 9.17) is 0 Å². The summed E-state index contributed by atoms with van der Waals surface area (Å²) in [7, 11) is -3.79. The fraction of sp³-hybridized carbons (Fsp3) is 0.409. The predicted octanol–water partition coefficient (Wildman–Crippen LogP) is 3.86. The molecule has 0 saturated carbocycles. The van der Waals surface area contributed by atoms with Crippen LogP contribution in [0.3, 0.4) is 0 Å². The lowest BCUT2D eigenvalue weighted by Crippen LogP contribution is -2.47. The molecule has 1 amide bonds. The molecular weight excluding hydrogens is 386 g/mol. The summed E-state index contributed by atoms with van der Waals surface area (Å²) in [5, 5.41) is 2.83. The number of sulfonamides is 1. The molecule has 158 valence electrons. The van der Waals surface area contributed by atoms with Crippen molar-refractivity contribution < 1.29 is 13.2 Å². The minimum atomic E-state index is -3.79. The van der Waals surface area contributed by atoms with Crippen LogP contribution >= 0.6 is 0 Å². The monoisotopic (exact) mass is 417 g/mol. The lowest BCUT2D eigenvalue weighted by Gasteiger charge is -2.27. The Bertz CT molecular complexity index is 895. The Morgan fingerprint density at radius 2 is 1.55 bits per heavy atom. The Morgan fingerprint density at radius 3 is 2.03 bits per heavy atom. The highest BCUT2D eigenvalue weighted by molar-refractivity contribution is 7.89. The molecule has 0 unspecified atom stereocenters. The molecule has 0 aliphatic carbocycles. The van der Waals surface area contributed by atoms with Crippen molar-refractivity contribution in [2.75, 3.05) is 16.8 Å². The lowest BCUT2D eigenvalue weighted by atomic mass is 10.0. The topological polar surface area (TPSA) is 78.5 Å². The molecule has 29 heavy (non-hydrogen) atoms. The zero-order chi connectivity index (χ0) is 21.6. The number of carbonyl (C=O) groups excluding carboxylic acids is 1. The molecule has 2 aromatic rings. The molecule has 7 heteroatoms. The van der Waals surface area contributed by atoms with Crippen molar-refractivity contribution >= 4 is 27.3 Å². The zero-order valence-electron chi connectivity index (χ0n) is 17.7. The highest BCUT2D eigenvalue weighted by Gasteiger charge is 2.28. The maximum atomic E-state index is 12.8. The second kappa shape index (κ2) is 9.89. The van der Waals surface area contributed by atoms with Gasteiger partial charge in [-0.05, 0) is 63.1 Å². The van der Waals surface area contributed by atoms with Gasteiger partial charge in [0.25, 0.3) is 0 Å². The second-order valence-electron chi connectivity index (χ2n) is 7.57. The third kappa shape index (κ3) is 6.05. The standard InChI is InChI=1S/C22H31N3O3S/c1-6-25(17(4)5)19-14-12-18(13-15-19)23-22(26)21(16(2)3)24-29(27,28)20-10-8-7-9-11-20/h7-17,21,24H,6H2,1-5H3,(H,23,26)/t21-/m1/s1. The summed E-state index contributed by atoms with van der Waals surface area (Å²) in [4.78, 5) is 15.2. The fourth-order valence-electron chi connectivity index (χ4n) is 3.13. The number of hydrogen-bond acceptors (Lipinski definition) is 4. The van der Waals surface area contributed by atoms with Crippen molar-refractivity contribution in [2.45, 2.75) is 51.6 Å². The molecule has 0 aromatic heterocycles. The number of nitrogens with one attached hydrogen (secondary N) is 2. The third-order valence-corrected chi connectivity index (χ3v) is 6.17. The van der Waals surface area contributed by atoms with E-state index in [9.17, 15) is 13.2 Å². The summed E-state index contributed by atoms with van der Waals surface area (Å²) in [6.45, 7) is 10.9. The van der Waals surface area contributed by atoms with Crippen molar-refractivity contribution in [3.05, 3.63) is 54.6 Å². The van der Waals surface area contributed by atoms with E-state index in [2.05, 4.69) is 35.7 Å². The van der Waals surface area contributed by atoms with Crippen LogP contribution in [0.4, 0.5) is 11.4 Å². The van der Waals surface area contributed by atoms with Crippen LogP contribution in [0.2, 0.25) is 0 Å². The molecule has 0 bridgehead atoms. The normalized spacial score (nSPS) is 12.8. The van der Waals surface area contributed by atoms with Crippen molar-refractivity contribution in [3.63, 3.8) is 0 Å². The summed E-state index contributed by atoms with van der Waals surface area (Å²) >= 11 is 0. The average molecular weight is 418 g/mol. The molecule has 0 aliphatic heterocycles. The molecule has 0 radical (unpaired) electrons. The molecule has 6 nitrogen and oxygen atoms in total. The van der Waals surface area contributed by atoms with E-state index >= 15 is 0 Å². The number of carbonyl (C=O) groups is 1. The van der Waals surface area contributed by atoms with Crippen molar-refractivity contribution in [3.8, 4) is 0 Å². The molecule has 2 aromatic carbocycles. The molecule has 0 fully saturated rings. The molecular formula is C22H31N3O3S. The van der Waals surface area contributed by atoms with E-state index < -0.39 is 16.1 Å². The van der Waals surface area contributed by atoms with Gasteiger partial charge in [0.15, 0.2) is 0 Å². The second-order valence-corrected chi connectivity index (χ2v) is 9.29. The smallest absolute Gasteiger partial charge is 0.242 e. The number of amides is 1. The Balaban J connectivity index is 2.14. The van der Waals surface area contributed by atoms with Crippen LogP contribution in [0.15, 0.2) is 59.5 Å². The van der Waals surface area contributed by atoms with Crippen LogP contribution in [0.25, 0.3) is 0 Å². The molecule has 0 saturated heterocycles. The van der Waals surface area contributed by atoms with E-state index in [-0.39, 0.29) is 16.7 Å². The van der Waals surface area contributed by atoms with Gasteiger partial charge in [-0.3, -0.25) is 4.79 Å². The summed E-state index contributed by atoms with van der Waals surface area (Å²) in [5.41, 5.74) is 1.70. The minimum Gasteiger partial charge on any atom is -0.369 e. The summed E-state index contributed by atoms with van der Waals surface area (Å²) in [6, 6.07) is 15.1. The molecule has 0 heterocycles. The number of benzene rings is 2. The molecule has 0 spiro atoms. The minimum absolute atomic E-state index is 0.135. The van der Waals surface area contributed by atoms with Crippen LogP contribution in [0.1, 0.15) is 34.6 Å². The first-order valence-corrected chi connectivity index (χ1v) is 11.4. The number of nitrogens with zero attached hydrogens (tertiary/aromatic N) is 1. The first-order valence-electron chi connectivity index (χ1n) is 9.90. The van der Waals surface area contributed by atoms with Gasteiger partial charge in [0.05, 0.1) is 4.90 Å². The Labute approximate surface area is 174 Å². The van der Waals surface area contributed by atoms with Gasteiger partial charge in [-0.15, -0.1) is 0 Å². The van der Waals surface area contributed by atoms with Crippen molar-refractivity contribution in [1.82, 2.24) is 4.72 Å². The first kappa shape index (κ1) is 22.9. The first-order chi connectivity index (χ1) is 13.7. The van der Waals surface area contributed by atoms with Crippen LogP contribution in [0, 0.1) is 5.92 Å². The summed E-state index contributed by atoms with van der Waals surface area (Å²) in [5.74, 6) is -0.604. The van der Waals surface area contributed by atoms with Crippen molar-refractivity contribution in [2.24, 2.45) is 5.92 Å². The molecule has 1 atom stereocenters. The summed E-state index contributed by atoms with van der Waals surface area (Å²) in [6.07, 6.45) is 0. The van der Waals surface area contributed by atoms with E-state index in [0.717, 1.165) is 12.2 Å². The van der Waals surface area contributed by atoms with Gasteiger partial charge in [0.1, 0.15) is 6.04 Å². The van der Waals surface area contributed by atoms with Gasteiger partial charge in [-0.2, -0.15) is 4.72 Å². The quantitative estimate of drug-likeness (QED) is 0.649. The fourth-order valence-corrected chi connectivity index (χ4v) is 4.49. The van der Waals surface area contributed by atoms with Gasteiger partial charge in [-0.25, -0.2) is 8.42 Å². The largest absolute Gasteiger partial charge is 0.369 e.